The molecule has 2 aromatic rings. The minimum atomic E-state index is -1.27. The number of nitrogens with zero attached hydrogens (tertiary/aromatic N) is 1. The number of nitrogens with two attached hydrogens (primary N) is 1. The van der Waals surface area contributed by atoms with Gasteiger partial charge in [0, 0.05) is 0 Å². The minimum Gasteiger partial charge on any atom is -0.483 e. The molecule has 0 amide bonds. The van der Waals surface area contributed by atoms with Crippen molar-refractivity contribution in [2.24, 2.45) is 10.7 Å². The molecule has 0 aliphatic rings. The average molecular weight is 448 g/mol. The fourth-order valence-electron chi connectivity index (χ4n) is 2.23. The molecule has 0 aliphatic heterocycles. The van der Waals surface area contributed by atoms with Crippen LogP contribution in [0.2, 0.25) is 0 Å². The molecule has 1 atom stereocenters. The second kappa shape index (κ2) is 9.27. The second-order valence-electron chi connectivity index (χ2n) is 5.39. The molecule has 0 radical (unpaired) electrons. The molecule has 0 aliphatic carbocycles. The number of rotatable bonds is 7. The molecule has 5 heteroatoms. The van der Waals surface area contributed by atoms with Crippen LogP contribution in [0.15, 0.2) is 66.2 Å². The van der Waals surface area contributed by atoms with Gasteiger partial charge in [0.2, 0.25) is 0 Å². The van der Waals surface area contributed by atoms with Gasteiger partial charge in [-0.25, -0.2) is 4.99 Å². The van der Waals surface area contributed by atoms with E-state index in [0.29, 0.717) is 5.84 Å². The molecular formula is C20H21IN2O2. The smallest absolute Gasteiger partial charge is 0.182 e. The van der Waals surface area contributed by atoms with E-state index >= 15 is 0 Å². The average Bonchev–Trinajstić information content (AvgIpc) is 2.63. The van der Waals surface area contributed by atoms with Crippen LogP contribution in [-0.2, 0) is 3.07 Å². The summed E-state index contributed by atoms with van der Waals surface area (Å²) in [5.74, 6) is 1.13. The van der Waals surface area contributed by atoms with Gasteiger partial charge in [-0.2, -0.15) is 0 Å². The molecule has 0 bridgehead atoms. The summed E-state index contributed by atoms with van der Waals surface area (Å²) >= 11 is -1.27. The highest BCUT2D eigenvalue weighted by Crippen LogP contribution is 2.29. The van der Waals surface area contributed by atoms with Crippen LogP contribution in [-0.4, -0.2) is 11.9 Å². The van der Waals surface area contributed by atoms with Gasteiger partial charge in [0.15, 0.2) is 27.3 Å². The van der Waals surface area contributed by atoms with Gasteiger partial charge < -0.3 is 10.5 Å². The fourth-order valence-corrected chi connectivity index (χ4v) is 3.38. The summed E-state index contributed by atoms with van der Waals surface area (Å²) in [6.07, 6.45) is 5.05. The Hall–Kier alpha value is -2.28. The predicted octanol–water partition coefficient (Wildman–Crippen LogP) is 5.14. The van der Waals surface area contributed by atoms with E-state index in [9.17, 15) is 3.07 Å². The summed E-state index contributed by atoms with van der Waals surface area (Å²) in [4.78, 5) is 4.52. The Morgan fingerprint density at radius 1 is 1.28 bits per heavy atom. The van der Waals surface area contributed by atoms with Crippen LogP contribution in [0.25, 0.3) is 6.08 Å². The Morgan fingerprint density at radius 2 is 2.00 bits per heavy atom. The third-order valence-electron chi connectivity index (χ3n) is 3.64. The van der Waals surface area contributed by atoms with Crippen molar-refractivity contribution in [1.29, 1.82) is 0 Å². The van der Waals surface area contributed by atoms with Crippen LogP contribution < -0.4 is 10.5 Å². The first-order valence-electron chi connectivity index (χ1n) is 7.82. The molecule has 2 rings (SSSR count). The molecule has 2 aromatic carbocycles. The van der Waals surface area contributed by atoms with Crippen LogP contribution in [0.4, 0.5) is 5.69 Å². The van der Waals surface area contributed by atoms with Crippen molar-refractivity contribution in [2.75, 3.05) is 0 Å². The number of benzene rings is 2. The highest BCUT2D eigenvalue weighted by Gasteiger charge is 2.12. The zero-order valence-corrected chi connectivity index (χ0v) is 16.4. The molecule has 0 spiro atoms. The lowest BCUT2D eigenvalue weighted by molar-refractivity contribution is 0.285. The number of aliphatic imine (C=N–C) groups is 1. The summed E-state index contributed by atoms with van der Waals surface area (Å²) in [5, 5.41) is 0. The molecule has 0 saturated carbocycles. The summed E-state index contributed by atoms with van der Waals surface area (Å²) in [5.41, 5.74) is 8.71. The zero-order chi connectivity index (χ0) is 18.2. The van der Waals surface area contributed by atoms with E-state index in [0.717, 1.165) is 26.1 Å². The van der Waals surface area contributed by atoms with Crippen LogP contribution >= 0.6 is 21.2 Å². The van der Waals surface area contributed by atoms with Crippen molar-refractivity contribution in [2.45, 2.75) is 20.0 Å². The van der Waals surface area contributed by atoms with Crippen LogP contribution in [0, 0.1) is 10.5 Å². The van der Waals surface area contributed by atoms with E-state index in [2.05, 4.69) is 11.6 Å². The van der Waals surface area contributed by atoms with Crippen molar-refractivity contribution in [3.05, 3.63) is 75.9 Å². The van der Waals surface area contributed by atoms with Crippen LogP contribution in [0.5, 0.6) is 5.75 Å². The van der Waals surface area contributed by atoms with Gasteiger partial charge in [0.05, 0.1) is 9.26 Å². The molecule has 25 heavy (non-hydrogen) atoms. The van der Waals surface area contributed by atoms with E-state index in [4.69, 9.17) is 10.5 Å². The lowest BCUT2D eigenvalue weighted by Crippen LogP contribution is -2.31. The van der Waals surface area contributed by atoms with Crippen LogP contribution in [0.1, 0.15) is 18.1 Å². The molecule has 0 saturated heterocycles. The zero-order valence-electron chi connectivity index (χ0n) is 14.3. The Balaban J connectivity index is 2.31. The first-order chi connectivity index (χ1) is 12.1. The maximum atomic E-state index is 11.5. The number of ether oxygens (including phenoxy) is 1. The lowest BCUT2D eigenvalue weighted by atomic mass is 10.1. The largest absolute Gasteiger partial charge is 0.483 e. The molecule has 0 aromatic heterocycles. The number of hydrogen-bond acceptors (Lipinski definition) is 3. The van der Waals surface area contributed by atoms with Gasteiger partial charge in [-0.15, -0.1) is 0 Å². The first kappa shape index (κ1) is 19.1. The van der Waals surface area contributed by atoms with Gasteiger partial charge >= 0.3 is 0 Å². The van der Waals surface area contributed by atoms with Gasteiger partial charge in [0.1, 0.15) is 11.6 Å². The van der Waals surface area contributed by atoms with E-state index in [1.54, 1.807) is 6.08 Å². The summed E-state index contributed by atoms with van der Waals surface area (Å²) < 4.78 is 18.1. The van der Waals surface area contributed by atoms with Crippen molar-refractivity contribution < 1.29 is 7.81 Å². The standard InChI is InChI=1S/C20H21IN2O2/c1-4-5-11-17-14(2)19(13-12-18(17)21-24)23-20(22)15(3)25-16-9-7-6-8-10-16/h4-13,15H,1H2,2-3H3,(H2,22,23)/b11-5-. The predicted molar refractivity (Wildman–Crippen MR) is 112 cm³/mol. The fraction of sp³-hybridized carbons (Fsp3) is 0.150. The SMILES string of the molecule is C=C/C=C\c1c(I=O)ccc(N=C(N)C(C)Oc2ccccc2)c1C. The molecule has 0 heterocycles. The Morgan fingerprint density at radius 3 is 2.64 bits per heavy atom. The Bertz CT molecular complexity index is 814. The maximum Gasteiger partial charge on any atom is 0.182 e. The summed E-state index contributed by atoms with van der Waals surface area (Å²) in [6, 6.07) is 13.2. The topological polar surface area (TPSA) is 64.7 Å². The quantitative estimate of drug-likeness (QED) is 0.276. The highest BCUT2D eigenvalue weighted by atomic mass is 127. The molecule has 130 valence electrons. The summed E-state index contributed by atoms with van der Waals surface area (Å²) in [6.45, 7) is 7.48. The number of halogens is 1. The van der Waals surface area contributed by atoms with Gasteiger partial charge in [0.25, 0.3) is 0 Å². The third kappa shape index (κ3) is 5.09. The van der Waals surface area contributed by atoms with E-state index < -0.39 is 21.2 Å². The Kier molecular flexibility index (Phi) is 7.06. The second-order valence-corrected chi connectivity index (χ2v) is 6.99. The number of allylic oxidation sites excluding steroid dienone is 2. The van der Waals surface area contributed by atoms with Gasteiger partial charge in [-0.05, 0) is 49.2 Å². The monoisotopic (exact) mass is 448 g/mol. The van der Waals surface area contributed by atoms with Gasteiger partial charge in [-0.1, -0.05) is 43.0 Å². The first-order valence-corrected chi connectivity index (χ1v) is 9.78. The van der Waals surface area contributed by atoms with Crippen molar-refractivity contribution in [3.8, 4) is 5.75 Å². The number of amidine groups is 1. The van der Waals surface area contributed by atoms with Gasteiger partial charge in [-0.3, -0.25) is 3.07 Å². The number of para-hydroxylation sites is 1. The molecular weight excluding hydrogens is 427 g/mol. The minimum absolute atomic E-state index is 0.361. The normalized spacial score (nSPS) is 13.0. The van der Waals surface area contributed by atoms with E-state index in [1.807, 2.05) is 68.5 Å². The van der Waals surface area contributed by atoms with E-state index in [-0.39, 0.29) is 6.10 Å². The van der Waals surface area contributed by atoms with Crippen molar-refractivity contribution in [3.63, 3.8) is 0 Å². The number of hydrogen-bond donors (Lipinski definition) is 1. The maximum absolute atomic E-state index is 11.5. The van der Waals surface area contributed by atoms with Crippen molar-refractivity contribution >= 4 is 38.8 Å². The molecule has 4 nitrogen and oxygen atoms in total. The Labute approximate surface area is 158 Å². The third-order valence-corrected chi connectivity index (χ3v) is 5.05. The molecule has 0 fully saturated rings. The van der Waals surface area contributed by atoms with E-state index in [1.165, 1.54) is 0 Å². The highest BCUT2D eigenvalue weighted by molar-refractivity contribution is 14.1. The molecule has 1 unspecified atom stereocenters. The van der Waals surface area contributed by atoms with Crippen LogP contribution in [0.3, 0.4) is 0 Å². The van der Waals surface area contributed by atoms with Crippen molar-refractivity contribution in [1.82, 2.24) is 0 Å². The lowest BCUT2D eigenvalue weighted by Gasteiger charge is -2.15. The molecule has 2 N–H and O–H groups in total. The summed E-state index contributed by atoms with van der Waals surface area (Å²) in [7, 11) is 0.